The Morgan fingerprint density at radius 1 is 1.08 bits per heavy atom. The van der Waals surface area contributed by atoms with Gasteiger partial charge in [0.25, 0.3) is 0 Å². The molecule has 0 aliphatic heterocycles. The fraction of sp³-hybridized carbons (Fsp3) is 0.682. The summed E-state index contributed by atoms with van der Waals surface area (Å²) in [6.07, 6.45) is 9.01. The number of carbonyl (C=O) groups excluding carboxylic acids is 1. The van der Waals surface area contributed by atoms with E-state index >= 15 is 0 Å². The van der Waals surface area contributed by atoms with Gasteiger partial charge in [-0.25, -0.2) is 0 Å². The third-order valence-electron chi connectivity index (χ3n) is 7.26. The molecule has 2 bridgehead atoms. The number of hydrogen-bond acceptors (Lipinski definition) is 2. The number of hydrogen-bond donors (Lipinski definition) is 0. The molecule has 0 radical (unpaired) electrons. The van der Waals surface area contributed by atoms with Crippen molar-refractivity contribution in [3.05, 3.63) is 29.8 Å². The molecular formula is C22H30O2. The largest absolute Gasteiger partial charge is 0.426 e. The van der Waals surface area contributed by atoms with Gasteiger partial charge in [0.1, 0.15) is 5.75 Å². The van der Waals surface area contributed by atoms with Crippen LogP contribution >= 0.6 is 0 Å². The SMILES string of the molecule is CCC(C)c1ccc(OC(=O)C2CC3CC2C2CCCCC32)cc1. The van der Waals surface area contributed by atoms with Crippen molar-refractivity contribution in [1.82, 2.24) is 0 Å². The van der Waals surface area contributed by atoms with Crippen LogP contribution in [0.1, 0.15) is 70.3 Å². The molecule has 3 saturated carbocycles. The highest BCUT2D eigenvalue weighted by atomic mass is 16.5. The second-order valence-corrected chi connectivity index (χ2v) is 8.41. The van der Waals surface area contributed by atoms with Crippen molar-refractivity contribution in [3.8, 4) is 5.75 Å². The first-order chi connectivity index (χ1) is 11.7. The first kappa shape index (κ1) is 16.2. The lowest BCUT2D eigenvalue weighted by Crippen LogP contribution is -2.35. The molecule has 0 aromatic heterocycles. The normalized spacial score (nSPS) is 35.5. The van der Waals surface area contributed by atoms with Crippen molar-refractivity contribution < 1.29 is 9.53 Å². The average molecular weight is 326 g/mol. The van der Waals surface area contributed by atoms with Gasteiger partial charge in [0.05, 0.1) is 5.92 Å². The second-order valence-electron chi connectivity index (χ2n) is 8.41. The van der Waals surface area contributed by atoms with E-state index in [9.17, 15) is 4.79 Å². The van der Waals surface area contributed by atoms with Crippen molar-refractivity contribution >= 4 is 5.97 Å². The van der Waals surface area contributed by atoms with Gasteiger partial charge >= 0.3 is 5.97 Å². The van der Waals surface area contributed by atoms with Crippen LogP contribution in [0.3, 0.4) is 0 Å². The van der Waals surface area contributed by atoms with Crippen molar-refractivity contribution in [1.29, 1.82) is 0 Å². The lowest BCUT2D eigenvalue weighted by Gasteiger charge is -2.38. The summed E-state index contributed by atoms with van der Waals surface area (Å²) in [5.41, 5.74) is 1.32. The molecule has 0 N–H and O–H groups in total. The first-order valence-corrected chi connectivity index (χ1v) is 9.99. The maximum absolute atomic E-state index is 12.7. The molecule has 3 aliphatic rings. The van der Waals surface area contributed by atoms with Crippen LogP contribution in [0.25, 0.3) is 0 Å². The van der Waals surface area contributed by atoms with E-state index in [2.05, 4.69) is 26.0 Å². The monoisotopic (exact) mass is 326 g/mol. The minimum absolute atomic E-state index is 0.0304. The summed E-state index contributed by atoms with van der Waals surface area (Å²) in [5.74, 6) is 4.59. The smallest absolute Gasteiger partial charge is 0.314 e. The molecule has 6 atom stereocenters. The van der Waals surface area contributed by atoms with Gasteiger partial charge in [-0.1, -0.05) is 38.8 Å². The van der Waals surface area contributed by atoms with Gasteiger partial charge in [-0.15, -0.1) is 0 Å². The van der Waals surface area contributed by atoms with Crippen LogP contribution in [0, 0.1) is 29.6 Å². The minimum Gasteiger partial charge on any atom is -0.426 e. The summed E-state index contributed by atoms with van der Waals surface area (Å²) >= 11 is 0. The van der Waals surface area contributed by atoms with Gasteiger partial charge in [-0.05, 0) is 79.4 Å². The van der Waals surface area contributed by atoms with Crippen LogP contribution < -0.4 is 4.74 Å². The average Bonchev–Trinajstić information content (AvgIpc) is 3.21. The Bertz CT molecular complexity index is 590. The number of carbonyl (C=O) groups is 1. The van der Waals surface area contributed by atoms with Gasteiger partial charge in [-0.3, -0.25) is 4.79 Å². The van der Waals surface area contributed by atoms with Gasteiger partial charge in [-0.2, -0.15) is 0 Å². The molecule has 0 heterocycles. The fourth-order valence-electron chi connectivity index (χ4n) is 5.80. The molecule has 4 rings (SSSR count). The first-order valence-electron chi connectivity index (χ1n) is 9.99. The van der Waals surface area contributed by atoms with E-state index in [1.54, 1.807) is 0 Å². The van der Waals surface area contributed by atoms with Gasteiger partial charge in [0, 0.05) is 0 Å². The summed E-state index contributed by atoms with van der Waals surface area (Å²) in [7, 11) is 0. The standard InChI is InChI=1S/C22H30O2/c1-3-14(2)15-8-10-17(11-9-15)24-22(23)21-13-16-12-20(21)19-7-5-4-6-18(16)19/h8-11,14,16,18-21H,3-7,12-13H2,1-2H3. The third-order valence-corrected chi connectivity index (χ3v) is 7.26. The maximum atomic E-state index is 12.7. The molecule has 0 saturated heterocycles. The Labute approximate surface area is 146 Å². The van der Waals surface area contributed by atoms with Gasteiger partial charge in [0.15, 0.2) is 0 Å². The second kappa shape index (κ2) is 6.54. The molecule has 24 heavy (non-hydrogen) atoms. The molecule has 0 amide bonds. The van der Waals surface area contributed by atoms with Crippen LogP contribution in [0.15, 0.2) is 24.3 Å². The Morgan fingerprint density at radius 2 is 1.79 bits per heavy atom. The van der Waals surface area contributed by atoms with Crippen molar-refractivity contribution in [2.75, 3.05) is 0 Å². The van der Waals surface area contributed by atoms with E-state index in [1.165, 1.54) is 37.7 Å². The molecule has 130 valence electrons. The number of ether oxygens (including phenoxy) is 1. The van der Waals surface area contributed by atoms with Crippen molar-refractivity contribution in [3.63, 3.8) is 0 Å². The van der Waals surface area contributed by atoms with E-state index in [0.29, 0.717) is 11.8 Å². The zero-order valence-electron chi connectivity index (χ0n) is 15.0. The lowest BCUT2D eigenvalue weighted by molar-refractivity contribution is -0.142. The molecule has 3 fully saturated rings. The lowest BCUT2D eigenvalue weighted by atomic mass is 9.67. The summed E-state index contributed by atoms with van der Waals surface area (Å²) in [6, 6.07) is 8.15. The minimum atomic E-state index is 0.0304. The number of rotatable bonds is 4. The number of fused-ring (bicyclic) bond motifs is 5. The number of esters is 1. The summed E-state index contributed by atoms with van der Waals surface area (Å²) in [5, 5.41) is 0. The van der Waals surface area contributed by atoms with Crippen LogP contribution in [0.5, 0.6) is 5.75 Å². The summed E-state index contributed by atoms with van der Waals surface area (Å²) in [4.78, 5) is 12.7. The van der Waals surface area contributed by atoms with Crippen LogP contribution in [-0.2, 0) is 4.79 Å². The molecule has 3 aliphatic carbocycles. The highest BCUT2D eigenvalue weighted by molar-refractivity contribution is 5.76. The Balaban J connectivity index is 1.40. The topological polar surface area (TPSA) is 26.3 Å². The molecule has 1 aromatic rings. The summed E-state index contributed by atoms with van der Waals surface area (Å²) < 4.78 is 5.76. The van der Waals surface area contributed by atoms with E-state index < -0.39 is 0 Å². The predicted octanol–water partition coefficient (Wildman–Crippen LogP) is 5.57. The molecule has 1 aromatic carbocycles. The third kappa shape index (κ3) is 2.78. The molecular weight excluding hydrogens is 296 g/mol. The van der Waals surface area contributed by atoms with Crippen molar-refractivity contribution in [2.45, 2.75) is 64.7 Å². The molecule has 2 nitrogen and oxygen atoms in total. The van der Waals surface area contributed by atoms with E-state index in [4.69, 9.17) is 4.74 Å². The zero-order chi connectivity index (χ0) is 16.7. The maximum Gasteiger partial charge on any atom is 0.314 e. The van der Waals surface area contributed by atoms with Crippen molar-refractivity contribution in [2.24, 2.45) is 29.6 Å². The molecule has 2 heteroatoms. The van der Waals surface area contributed by atoms with Gasteiger partial charge < -0.3 is 4.74 Å². The fourth-order valence-corrected chi connectivity index (χ4v) is 5.80. The highest BCUT2D eigenvalue weighted by Gasteiger charge is 2.55. The predicted molar refractivity (Wildman–Crippen MR) is 95.9 cm³/mol. The van der Waals surface area contributed by atoms with E-state index in [0.717, 1.165) is 36.3 Å². The van der Waals surface area contributed by atoms with E-state index in [1.807, 2.05) is 12.1 Å². The molecule has 6 unspecified atom stereocenters. The van der Waals surface area contributed by atoms with Gasteiger partial charge in [0.2, 0.25) is 0 Å². The highest BCUT2D eigenvalue weighted by Crippen LogP contribution is 2.59. The Hall–Kier alpha value is -1.31. The van der Waals surface area contributed by atoms with Crippen LogP contribution in [0.2, 0.25) is 0 Å². The quantitative estimate of drug-likeness (QED) is 0.534. The van der Waals surface area contributed by atoms with Crippen LogP contribution in [0.4, 0.5) is 0 Å². The zero-order valence-corrected chi connectivity index (χ0v) is 15.0. The van der Waals surface area contributed by atoms with E-state index in [-0.39, 0.29) is 11.9 Å². The Kier molecular flexibility index (Phi) is 4.40. The Morgan fingerprint density at radius 3 is 2.50 bits per heavy atom. The summed E-state index contributed by atoms with van der Waals surface area (Å²) in [6.45, 7) is 4.43. The van der Waals surface area contributed by atoms with Crippen LogP contribution in [-0.4, -0.2) is 5.97 Å². The number of benzene rings is 1. The molecule has 0 spiro atoms.